The van der Waals surface area contributed by atoms with Gasteiger partial charge >= 0.3 is 5.97 Å². The SMILES string of the molecule is CCN(CC(C)C(=O)O)C(=O)C1(COC)COC1. The largest absolute Gasteiger partial charge is 0.481 e. The number of amides is 1. The smallest absolute Gasteiger partial charge is 0.308 e. The molecule has 0 aliphatic carbocycles. The molecule has 1 amide bonds. The van der Waals surface area contributed by atoms with Crippen molar-refractivity contribution in [3.05, 3.63) is 0 Å². The molecule has 1 N–H and O–H groups in total. The Morgan fingerprint density at radius 2 is 2.11 bits per heavy atom. The van der Waals surface area contributed by atoms with E-state index in [0.29, 0.717) is 26.4 Å². The second kappa shape index (κ2) is 6.15. The van der Waals surface area contributed by atoms with Crippen LogP contribution in [0.2, 0.25) is 0 Å². The van der Waals surface area contributed by atoms with Crippen LogP contribution in [0.1, 0.15) is 13.8 Å². The zero-order chi connectivity index (χ0) is 13.8. The molecule has 1 atom stereocenters. The Morgan fingerprint density at radius 3 is 2.44 bits per heavy atom. The molecule has 1 saturated heterocycles. The van der Waals surface area contributed by atoms with Gasteiger partial charge in [0.1, 0.15) is 5.41 Å². The highest BCUT2D eigenvalue weighted by molar-refractivity contribution is 5.84. The summed E-state index contributed by atoms with van der Waals surface area (Å²) in [6, 6.07) is 0. The molecule has 1 rings (SSSR count). The molecule has 6 heteroatoms. The zero-order valence-corrected chi connectivity index (χ0v) is 11.1. The fourth-order valence-electron chi connectivity index (χ4n) is 1.99. The van der Waals surface area contributed by atoms with Gasteiger partial charge in [0.25, 0.3) is 0 Å². The van der Waals surface area contributed by atoms with Gasteiger partial charge in [-0.25, -0.2) is 0 Å². The van der Waals surface area contributed by atoms with Crippen LogP contribution in [0.5, 0.6) is 0 Å². The average molecular weight is 259 g/mol. The molecule has 1 heterocycles. The number of aliphatic carboxylic acids is 1. The van der Waals surface area contributed by atoms with Crippen molar-refractivity contribution in [1.82, 2.24) is 4.90 Å². The van der Waals surface area contributed by atoms with Crippen LogP contribution in [0.3, 0.4) is 0 Å². The molecule has 0 bridgehead atoms. The van der Waals surface area contributed by atoms with Crippen molar-refractivity contribution in [3.63, 3.8) is 0 Å². The number of carboxylic acid groups (broad SMARTS) is 1. The van der Waals surface area contributed by atoms with Crippen LogP contribution >= 0.6 is 0 Å². The predicted octanol–water partition coefficient (Wildman–Crippen LogP) is 0.219. The highest BCUT2D eigenvalue weighted by Gasteiger charge is 2.48. The summed E-state index contributed by atoms with van der Waals surface area (Å²) < 4.78 is 10.2. The van der Waals surface area contributed by atoms with Crippen molar-refractivity contribution in [2.45, 2.75) is 13.8 Å². The van der Waals surface area contributed by atoms with Crippen molar-refractivity contribution in [2.75, 3.05) is 40.0 Å². The number of carbonyl (C=O) groups is 2. The second-order valence-corrected chi connectivity index (χ2v) is 4.79. The molecule has 18 heavy (non-hydrogen) atoms. The first-order valence-electron chi connectivity index (χ1n) is 6.05. The molecular formula is C12H21NO5. The fourth-order valence-corrected chi connectivity index (χ4v) is 1.99. The maximum absolute atomic E-state index is 12.4. The summed E-state index contributed by atoms with van der Waals surface area (Å²) in [7, 11) is 1.55. The van der Waals surface area contributed by atoms with E-state index in [4.69, 9.17) is 14.6 Å². The predicted molar refractivity (Wildman–Crippen MR) is 64.2 cm³/mol. The van der Waals surface area contributed by atoms with Gasteiger partial charge in [0.2, 0.25) is 5.91 Å². The van der Waals surface area contributed by atoms with Crippen LogP contribution in [0.25, 0.3) is 0 Å². The van der Waals surface area contributed by atoms with Gasteiger partial charge in [0.05, 0.1) is 25.7 Å². The van der Waals surface area contributed by atoms with Gasteiger partial charge in [0.15, 0.2) is 0 Å². The normalized spacial score (nSPS) is 18.8. The van der Waals surface area contributed by atoms with E-state index in [1.807, 2.05) is 6.92 Å². The molecule has 1 aliphatic heterocycles. The third-order valence-electron chi connectivity index (χ3n) is 3.22. The molecule has 0 spiro atoms. The number of hydrogen-bond donors (Lipinski definition) is 1. The summed E-state index contributed by atoms with van der Waals surface area (Å²) in [5, 5.41) is 8.90. The molecule has 1 aliphatic rings. The lowest BCUT2D eigenvalue weighted by atomic mass is 9.85. The van der Waals surface area contributed by atoms with Crippen molar-refractivity contribution in [3.8, 4) is 0 Å². The molecule has 6 nitrogen and oxygen atoms in total. The molecule has 1 unspecified atom stereocenters. The summed E-state index contributed by atoms with van der Waals surface area (Å²) in [6.45, 7) is 5.14. The Balaban J connectivity index is 2.69. The van der Waals surface area contributed by atoms with Crippen LogP contribution in [-0.2, 0) is 19.1 Å². The van der Waals surface area contributed by atoms with Gasteiger partial charge in [-0.15, -0.1) is 0 Å². The molecular weight excluding hydrogens is 238 g/mol. The van der Waals surface area contributed by atoms with Gasteiger partial charge in [0, 0.05) is 20.2 Å². The number of nitrogens with zero attached hydrogens (tertiary/aromatic N) is 1. The third kappa shape index (κ3) is 3.00. The quantitative estimate of drug-likeness (QED) is 0.707. The third-order valence-corrected chi connectivity index (χ3v) is 3.22. The summed E-state index contributed by atoms with van der Waals surface area (Å²) in [5.41, 5.74) is -0.622. The monoisotopic (exact) mass is 259 g/mol. The van der Waals surface area contributed by atoms with E-state index in [0.717, 1.165) is 0 Å². The highest BCUT2D eigenvalue weighted by atomic mass is 16.5. The number of carboxylic acids is 1. The van der Waals surface area contributed by atoms with Crippen LogP contribution in [0, 0.1) is 11.3 Å². The number of hydrogen-bond acceptors (Lipinski definition) is 4. The van der Waals surface area contributed by atoms with Crippen molar-refractivity contribution >= 4 is 11.9 Å². The van der Waals surface area contributed by atoms with E-state index >= 15 is 0 Å². The van der Waals surface area contributed by atoms with Gasteiger partial charge in [-0.05, 0) is 6.92 Å². The maximum Gasteiger partial charge on any atom is 0.308 e. The molecule has 0 aromatic heterocycles. The summed E-state index contributed by atoms with van der Waals surface area (Å²) in [6.07, 6.45) is 0. The van der Waals surface area contributed by atoms with Gasteiger partial charge in [-0.2, -0.15) is 0 Å². The van der Waals surface area contributed by atoms with Crippen LogP contribution in [-0.4, -0.2) is 61.9 Å². The fraction of sp³-hybridized carbons (Fsp3) is 0.833. The number of methoxy groups -OCH3 is 1. The van der Waals surface area contributed by atoms with Crippen molar-refractivity contribution in [1.29, 1.82) is 0 Å². The number of rotatable bonds is 7. The van der Waals surface area contributed by atoms with E-state index in [-0.39, 0.29) is 12.5 Å². The van der Waals surface area contributed by atoms with Gasteiger partial charge in [-0.1, -0.05) is 6.92 Å². The average Bonchev–Trinajstić information content (AvgIpc) is 2.29. The van der Waals surface area contributed by atoms with E-state index < -0.39 is 17.3 Å². The Morgan fingerprint density at radius 1 is 1.50 bits per heavy atom. The summed E-state index contributed by atoms with van der Waals surface area (Å²) in [4.78, 5) is 24.8. The molecule has 0 saturated carbocycles. The van der Waals surface area contributed by atoms with Gasteiger partial charge in [-0.3, -0.25) is 9.59 Å². The Hall–Kier alpha value is -1.14. The Bertz CT molecular complexity index is 314. The lowest BCUT2D eigenvalue weighted by Gasteiger charge is -2.42. The lowest BCUT2D eigenvalue weighted by molar-refractivity contribution is -0.183. The Kier molecular flexibility index (Phi) is 5.10. The minimum absolute atomic E-state index is 0.0776. The van der Waals surface area contributed by atoms with Crippen molar-refractivity contribution < 1.29 is 24.2 Å². The molecule has 0 aromatic carbocycles. The van der Waals surface area contributed by atoms with E-state index in [1.54, 1.807) is 18.9 Å². The van der Waals surface area contributed by atoms with Crippen LogP contribution < -0.4 is 0 Å². The lowest BCUT2D eigenvalue weighted by Crippen LogP contribution is -2.58. The van der Waals surface area contributed by atoms with Gasteiger partial charge < -0.3 is 19.5 Å². The van der Waals surface area contributed by atoms with E-state index in [1.165, 1.54) is 0 Å². The maximum atomic E-state index is 12.4. The zero-order valence-electron chi connectivity index (χ0n) is 11.1. The van der Waals surface area contributed by atoms with Crippen LogP contribution in [0.15, 0.2) is 0 Å². The minimum atomic E-state index is -0.896. The summed E-state index contributed by atoms with van der Waals surface area (Å²) in [5.74, 6) is -1.55. The molecule has 104 valence electrons. The minimum Gasteiger partial charge on any atom is -0.481 e. The molecule has 1 fully saturated rings. The molecule has 0 radical (unpaired) electrons. The number of ether oxygens (including phenoxy) is 2. The first kappa shape index (κ1) is 14.9. The van der Waals surface area contributed by atoms with Crippen molar-refractivity contribution in [2.24, 2.45) is 11.3 Å². The highest BCUT2D eigenvalue weighted by Crippen LogP contribution is 2.30. The van der Waals surface area contributed by atoms with E-state index in [2.05, 4.69) is 0 Å². The van der Waals surface area contributed by atoms with E-state index in [9.17, 15) is 9.59 Å². The Labute approximate surface area is 107 Å². The van der Waals surface area contributed by atoms with Crippen LogP contribution in [0.4, 0.5) is 0 Å². The first-order chi connectivity index (χ1) is 8.46. The molecule has 0 aromatic rings. The topological polar surface area (TPSA) is 76.1 Å². The first-order valence-corrected chi connectivity index (χ1v) is 6.05. The standard InChI is InChI=1S/C12H21NO5/c1-4-13(5-9(2)10(14)15)11(16)12(6-17-3)7-18-8-12/h9H,4-8H2,1-3H3,(H,14,15). The number of carbonyl (C=O) groups excluding carboxylic acids is 1. The summed E-state index contributed by atoms with van der Waals surface area (Å²) >= 11 is 0. The second-order valence-electron chi connectivity index (χ2n) is 4.79.